The molecule has 2 saturated heterocycles. The first kappa shape index (κ1) is 39.6. The average Bonchev–Trinajstić information content (AvgIpc) is 3.72. The molecule has 0 unspecified atom stereocenters. The van der Waals surface area contributed by atoms with Gasteiger partial charge in [-0.2, -0.15) is 0 Å². The van der Waals surface area contributed by atoms with Crippen LogP contribution in [0.5, 0.6) is 5.75 Å². The second-order valence-corrected chi connectivity index (χ2v) is 20.7. The van der Waals surface area contributed by atoms with Gasteiger partial charge in [0.2, 0.25) is 11.8 Å². The minimum Gasteiger partial charge on any atom is -0.508 e. The molecule has 4 aromatic carbocycles. The third-order valence-corrected chi connectivity index (χ3v) is 16.9. The van der Waals surface area contributed by atoms with Crippen molar-refractivity contribution in [2.45, 2.75) is 70.9 Å². The van der Waals surface area contributed by atoms with Gasteiger partial charge in [0.1, 0.15) is 5.75 Å². The fourth-order valence-electron chi connectivity index (χ4n) is 9.35. The zero-order valence-corrected chi connectivity index (χ0v) is 33.7. The Bertz CT molecular complexity index is 2060. The molecule has 2 amide bonds. The molecule has 0 aromatic heterocycles. The van der Waals surface area contributed by atoms with Crippen LogP contribution in [0.4, 0.5) is 5.69 Å². The third kappa shape index (κ3) is 7.61. The van der Waals surface area contributed by atoms with Gasteiger partial charge in [-0.25, -0.2) is 0 Å². The number of hydrogen-bond donors (Lipinski definition) is 3. The Morgan fingerprint density at radius 1 is 0.875 bits per heavy atom. The van der Waals surface area contributed by atoms with Gasteiger partial charge in [-0.1, -0.05) is 131 Å². The van der Waals surface area contributed by atoms with Gasteiger partial charge in [-0.15, -0.1) is 0 Å². The summed E-state index contributed by atoms with van der Waals surface area (Å²) < 4.78 is 14.2. The maximum absolute atomic E-state index is 14.4. The maximum atomic E-state index is 14.4. The van der Waals surface area contributed by atoms with E-state index in [1.54, 1.807) is 30.3 Å². The fourth-order valence-corrected chi connectivity index (χ4v) is 13.9. The lowest BCUT2D eigenvalue weighted by molar-refractivity contribution is -0.122. The molecule has 0 spiro atoms. The SMILES string of the molecule is CCC/C(=C\c1ccc(O)cc1)CC[C@H]1OC[C@H]2C1=C(CO[Si](c1ccccc1)(c1ccccc1)C(C)(C)C)C[C@H]1C(=O)N(c3cccc(B(O)O)c3)C(=O)[C@H]12. The first-order valence-corrected chi connectivity index (χ1v) is 21.7. The highest BCUT2D eigenvalue weighted by molar-refractivity contribution is 6.99. The molecule has 0 saturated carbocycles. The Kier molecular flexibility index (Phi) is 11.7. The summed E-state index contributed by atoms with van der Waals surface area (Å²) in [4.78, 5) is 30.1. The molecule has 8 nitrogen and oxygen atoms in total. The van der Waals surface area contributed by atoms with Crippen LogP contribution in [0.25, 0.3) is 6.08 Å². The maximum Gasteiger partial charge on any atom is 0.488 e. The van der Waals surface area contributed by atoms with Crippen LogP contribution in [0.1, 0.15) is 65.4 Å². The number of carbonyl (C=O) groups excluding carboxylic acids is 2. The predicted octanol–water partition coefficient (Wildman–Crippen LogP) is 6.13. The van der Waals surface area contributed by atoms with Gasteiger partial charge in [0.25, 0.3) is 8.32 Å². The zero-order chi connectivity index (χ0) is 39.6. The van der Waals surface area contributed by atoms with Gasteiger partial charge in [0, 0.05) is 5.92 Å². The summed E-state index contributed by atoms with van der Waals surface area (Å²) in [7, 11) is -4.68. The summed E-state index contributed by atoms with van der Waals surface area (Å²) in [5.41, 5.74) is 4.99. The Hall–Kier alpha value is -4.58. The number of amides is 2. The summed E-state index contributed by atoms with van der Waals surface area (Å²) in [6.07, 6.45) is 5.76. The first-order valence-electron chi connectivity index (χ1n) is 19.8. The fraction of sp³-hybridized carbons (Fsp3) is 0.348. The summed E-state index contributed by atoms with van der Waals surface area (Å²) in [5.74, 6) is -1.80. The number of hydrogen-bond acceptors (Lipinski definition) is 7. The summed E-state index contributed by atoms with van der Waals surface area (Å²) >= 11 is 0. The highest BCUT2D eigenvalue weighted by Gasteiger charge is 2.58. The number of phenolic OH excluding ortho intramolecular Hbond substituents is 1. The molecule has 3 N–H and O–H groups in total. The predicted molar refractivity (Wildman–Crippen MR) is 224 cm³/mol. The molecular formula is C46H52BNO7Si. The molecule has 4 atom stereocenters. The highest BCUT2D eigenvalue weighted by Crippen LogP contribution is 2.51. The Labute approximate surface area is 331 Å². The smallest absolute Gasteiger partial charge is 0.488 e. The zero-order valence-electron chi connectivity index (χ0n) is 32.7. The van der Waals surface area contributed by atoms with Gasteiger partial charge in [-0.3, -0.25) is 14.5 Å². The first-order chi connectivity index (χ1) is 26.9. The minimum absolute atomic E-state index is 0.212. The normalized spacial score (nSPS) is 21.4. The Balaban J connectivity index is 1.28. The molecule has 0 radical (unpaired) electrons. The van der Waals surface area contributed by atoms with E-state index in [1.807, 2.05) is 24.3 Å². The van der Waals surface area contributed by atoms with E-state index in [0.29, 0.717) is 25.3 Å². The molecule has 290 valence electrons. The minimum atomic E-state index is -2.95. The molecule has 3 aliphatic rings. The van der Waals surface area contributed by atoms with E-state index in [0.717, 1.165) is 42.4 Å². The molecular weight excluding hydrogens is 717 g/mol. The highest BCUT2D eigenvalue weighted by atomic mass is 28.4. The van der Waals surface area contributed by atoms with Crippen molar-refractivity contribution >= 4 is 54.8 Å². The van der Waals surface area contributed by atoms with Crippen LogP contribution in [0.15, 0.2) is 126 Å². The average molecular weight is 770 g/mol. The molecule has 10 heteroatoms. The van der Waals surface area contributed by atoms with Gasteiger partial charge in [0.15, 0.2) is 0 Å². The number of aromatic hydroxyl groups is 1. The van der Waals surface area contributed by atoms with E-state index in [2.05, 4.69) is 82.3 Å². The number of anilines is 1. The van der Waals surface area contributed by atoms with Crippen molar-refractivity contribution in [1.82, 2.24) is 0 Å². The van der Waals surface area contributed by atoms with Crippen LogP contribution in [-0.4, -0.2) is 61.7 Å². The molecule has 2 heterocycles. The number of carbonyl (C=O) groups is 2. The van der Waals surface area contributed by atoms with Gasteiger partial charge < -0.3 is 24.3 Å². The topological polar surface area (TPSA) is 117 Å². The number of nitrogens with zero attached hydrogens (tertiary/aromatic N) is 1. The number of benzene rings is 4. The number of ether oxygens (including phenoxy) is 1. The number of rotatable bonds is 13. The standard InChI is InChI=1S/C46H52BNO7Si/c1-5-13-31(26-32-20-23-36(49)24-21-32)22-25-41-42-33(29-55-56(46(2,3)4,37-16-8-6-9-17-37)38-18-10-7-11-19-38)27-39-43(40(42)30-54-41)45(51)48(44(39)50)35-15-12-14-34(28-35)47(52)53/h6-12,14-21,23-24,26,28,39-41,43,49,52-53H,5,13,22,25,27,29-30H2,1-4H3/b31-26+/t39-,40+,41-,43-/m1/s1. The Morgan fingerprint density at radius 3 is 2.14 bits per heavy atom. The molecule has 1 aliphatic carbocycles. The van der Waals surface area contributed by atoms with E-state index in [1.165, 1.54) is 26.9 Å². The third-order valence-electron chi connectivity index (χ3n) is 11.9. The monoisotopic (exact) mass is 769 g/mol. The van der Waals surface area contributed by atoms with E-state index < -0.39 is 27.3 Å². The van der Waals surface area contributed by atoms with E-state index in [9.17, 15) is 24.7 Å². The van der Waals surface area contributed by atoms with Crippen LogP contribution < -0.4 is 20.7 Å². The molecule has 56 heavy (non-hydrogen) atoms. The second kappa shape index (κ2) is 16.5. The van der Waals surface area contributed by atoms with E-state index in [-0.39, 0.29) is 40.1 Å². The number of fused-ring (bicyclic) bond motifs is 3. The molecule has 4 aromatic rings. The summed E-state index contributed by atoms with van der Waals surface area (Å²) in [6.45, 7) is 9.56. The van der Waals surface area contributed by atoms with Crippen molar-refractivity contribution in [3.8, 4) is 5.75 Å². The lowest BCUT2D eigenvalue weighted by atomic mass is 9.69. The van der Waals surface area contributed by atoms with Crippen LogP contribution in [-0.2, 0) is 18.8 Å². The summed E-state index contributed by atoms with van der Waals surface area (Å²) in [6, 6.07) is 34.6. The quantitative estimate of drug-likeness (QED) is 0.0852. The largest absolute Gasteiger partial charge is 0.508 e. The van der Waals surface area contributed by atoms with Crippen LogP contribution in [0, 0.1) is 17.8 Å². The van der Waals surface area contributed by atoms with E-state index in [4.69, 9.17) is 9.16 Å². The molecule has 7 rings (SSSR count). The van der Waals surface area contributed by atoms with Crippen molar-refractivity contribution in [2.24, 2.45) is 17.8 Å². The van der Waals surface area contributed by atoms with Crippen LogP contribution in [0.3, 0.4) is 0 Å². The van der Waals surface area contributed by atoms with Crippen molar-refractivity contribution in [3.63, 3.8) is 0 Å². The van der Waals surface area contributed by atoms with Gasteiger partial charge in [-0.05, 0) is 87.5 Å². The number of phenols is 1. The number of imide groups is 1. The molecule has 2 aliphatic heterocycles. The Morgan fingerprint density at radius 2 is 1.54 bits per heavy atom. The van der Waals surface area contributed by atoms with Gasteiger partial charge >= 0.3 is 7.12 Å². The second-order valence-electron chi connectivity index (χ2n) is 16.4. The number of allylic oxidation sites excluding steroid dienone is 1. The van der Waals surface area contributed by atoms with Crippen molar-refractivity contribution in [3.05, 3.63) is 131 Å². The van der Waals surface area contributed by atoms with Crippen molar-refractivity contribution in [1.29, 1.82) is 0 Å². The van der Waals surface area contributed by atoms with Crippen LogP contribution in [0.2, 0.25) is 5.04 Å². The molecule has 2 fully saturated rings. The van der Waals surface area contributed by atoms with Crippen molar-refractivity contribution in [2.75, 3.05) is 18.1 Å². The van der Waals surface area contributed by atoms with Crippen molar-refractivity contribution < 1.29 is 33.9 Å². The lowest BCUT2D eigenvalue weighted by Gasteiger charge is -2.44. The lowest BCUT2D eigenvalue weighted by Crippen LogP contribution is -2.66. The van der Waals surface area contributed by atoms with Gasteiger partial charge in [0.05, 0.1) is 36.8 Å². The summed E-state index contributed by atoms with van der Waals surface area (Å²) in [5, 5.41) is 31.7. The van der Waals surface area contributed by atoms with E-state index >= 15 is 0 Å². The molecule has 0 bridgehead atoms. The van der Waals surface area contributed by atoms with Crippen LogP contribution >= 0.6 is 0 Å².